The number of carbonyl (C=O) groups is 3. The summed E-state index contributed by atoms with van der Waals surface area (Å²) in [4.78, 5) is 35.9. The molecule has 0 bridgehead atoms. The molecule has 1 aliphatic heterocycles. The molecule has 6 nitrogen and oxygen atoms in total. The third-order valence-corrected chi connectivity index (χ3v) is 4.27. The maximum absolute atomic E-state index is 11.9. The van der Waals surface area contributed by atoms with Crippen LogP contribution >= 0.6 is 27.7 Å². The number of thioether (sulfide) groups is 1. The molecular weight excluding hydrogens is 374 g/mol. The smallest absolute Gasteiger partial charge is 0.343 e. The highest BCUT2D eigenvalue weighted by Crippen LogP contribution is 2.34. The Morgan fingerprint density at radius 1 is 1.41 bits per heavy atom. The minimum absolute atomic E-state index is 0.242. The summed E-state index contributed by atoms with van der Waals surface area (Å²) < 4.78 is 10.7. The largest absolute Gasteiger partial charge is 0.481 e. The molecule has 0 radical (unpaired) electrons. The van der Waals surface area contributed by atoms with E-state index < -0.39 is 5.97 Å². The molecule has 1 aromatic carbocycles. The highest BCUT2D eigenvalue weighted by Gasteiger charge is 2.32. The number of esters is 1. The SMILES string of the molecule is COC(=O)COc1ccc(Br)cc1/C=C1\SC(=O)N(C)C1=O. The lowest BCUT2D eigenvalue weighted by atomic mass is 10.2. The summed E-state index contributed by atoms with van der Waals surface area (Å²) in [7, 11) is 2.69. The van der Waals surface area contributed by atoms with Crippen LogP contribution in [0, 0.1) is 0 Å². The molecule has 1 fully saturated rings. The molecule has 0 saturated carbocycles. The fraction of sp³-hybridized carbons (Fsp3) is 0.214. The minimum atomic E-state index is -0.511. The van der Waals surface area contributed by atoms with Crippen LogP contribution in [0.3, 0.4) is 0 Å². The maximum Gasteiger partial charge on any atom is 0.343 e. The average Bonchev–Trinajstić information content (AvgIpc) is 2.73. The number of ether oxygens (including phenoxy) is 2. The van der Waals surface area contributed by atoms with Crippen molar-refractivity contribution in [1.82, 2.24) is 4.90 Å². The summed E-state index contributed by atoms with van der Waals surface area (Å²) in [5.74, 6) is -0.465. The van der Waals surface area contributed by atoms with Crippen molar-refractivity contribution in [3.63, 3.8) is 0 Å². The van der Waals surface area contributed by atoms with Crippen LogP contribution in [0.25, 0.3) is 6.08 Å². The van der Waals surface area contributed by atoms with Crippen LogP contribution in [0.15, 0.2) is 27.6 Å². The predicted molar refractivity (Wildman–Crippen MR) is 85.4 cm³/mol. The Hall–Kier alpha value is -1.80. The van der Waals surface area contributed by atoms with Gasteiger partial charge in [-0.25, -0.2) is 4.79 Å². The Kier molecular flexibility index (Phi) is 5.25. The molecule has 8 heteroatoms. The fourth-order valence-electron chi connectivity index (χ4n) is 1.65. The lowest BCUT2D eigenvalue weighted by molar-refractivity contribution is -0.142. The summed E-state index contributed by atoms with van der Waals surface area (Å²) >= 11 is 4.19. The molecule has 2 amide bonds. The second-order valence-corrected chi connectivity index (χ2v) is 6.20. The van der Waals surface area contributed by atoms with E-state index in [1.165, 1.54) is 14.2 Å². The zero-order valence-corrected chi connectivity index (χ0v) is 14.2. The summed E-state index contributed by atoms with van der Waals surface area (Å²) in [6.07, 6.45) is 1.56. The zero-order valence-electron chi connectivity index (χ0n) is 11.8. The van der Waals surface area contributed by atoms with Crippen LogP contribution in [0.5, 0.6) is 5.75 Å². The van der Waals surface area contributed by atoms with Gasteiger partial charge in [0.2, 0.25) is 0 Å². The average molecular weight is 386 g/mol. The van der Waals surface area contributed by atoms with Crippen molar-refractivity contribution in [3.8, 4) is 5.75 Å². The van der Waals surface area contributed by atoms with Gasteiger partial charge in [0, 0.05) is 17.1 Å². The Morgan fingerprint density at radius 2 is 2.14 bits per heavy atom. The van der Waals surface area contributed by atoms with E-state index in [0.717, 1.165) is 21.1 Å². The van der Waals surface area contributed by atoms with E-state index in [1.54, 1.807) is 24.3 Å². The van der Waals surface area contributed by atoms with Gasteiger partial charge in [-0.3, -0.25) is 14.5 Å². The number of methoxy groups -OCH3 is 1. The van der Waals surface area contributed by atoms with E-state index >= 15 is 0 Å². The quantitative estimate of drug-likeness (QED) is 0.585. The van der Waals surface area contributed by atoms with Crippen LogP contribution in [-0.4, -0.2) is 42.8 Å². The van der Waals surface area contributed by atoms with Crippen LogP contribution in [0.2, 0.25) is 0 Å². The second-order valence-electron chi connectivity index (χ2n) is 4.29. The molecular formula is C14H12BrNO5S. The van der Waals surface area contributed by atoms with Crippen LogP contribution < -0.4 is 4.74 Å². The van der Waals surface area contributed by atoms with E-state index in [9.17, 15) is 14.4 Å². The van der Waals surface area contributed by atoms with E-state index in [0.29, 0.717) is 16.2 Å². The molecule has 0 aliphatic carbocycles. The van der Waals surface area contributed by atoms with Crippen molar-refractivity contribution in [1.29, 1.82) is 0 Å². The first kappa shape index (κ1) is 16.6. The molecule has 1 aliphatic rings. The lowest BCUT2D eigenvalue weighted by Crippen LogP contribution is -2.22. The summed E-state index contributed by atoms with van der Waals surface area (Å²) in [6, 6.07) is 5.14. The Balaban J connectivity index is 2.30. The Bertz CT molecular complexity index is 673. The van der Waals surface area contributed by atoms with Crippen molar-refractivity contribution in [2.24, 2.45) is 0 Å². The van der Waals surface area contributed by atoms with Gasteiger partial charge in [-0.2, -0.15) is 0 Å². The predicted octanol–water partition coefficient (Wildman–Crippen LogP) is 2.67. The van der Waals surface area contributed by atoms with Crippen LogP contribution in [0.4, 0.5) is 4.79 Å². The van der Waals surface area contributed by atoms with Crippen molar-refractivity contribution < 1.29 is 23.9 Å². The molecule has 0 spiro atoms. The third-order valence-electron chi connectivity index (χ3n) is 2.82. The fourth-order valence-corrected chi connectivity index (χ4v) is 2.84. The van der Waals surface area contributed by atoms with Crippen molar-refractivity contribution >= 4 is 50.9 Å². The molecule has 1 aromatic rings. The summed E-state index contributed by atoms with van der Waals surface area (Å²) in [5, 5.41) is -0.330. The normalized spacial score (nSPS) is 16.3. The van der Waals surface area contributed by atoms with Gasteiger partial charge in [-0.1, -0.05) is 15.9 Å². The van der Waals surface area contributed by atoms with E-state index in [-0.39, 0.29) is 17.8 Å². The van der Waals surface area contributed by atoms with Gasteiger partial charge < -0.3 is 9.47 Å². The number of likely N-dealkylation sites (N-methyl/N-ethyl adjacent to an activating group) is 1. The molecule has 0 N–H and O–H groups in total. The highest BCUT2D eigenvalue weighted by molar-refractivity contribution is 9.10. The molecule has 22 heavy (non-hydrogen) atoms. The molecule has 2 rings (SSSR count). The minimum Gasteiger partial charge on any atom is -0.481 e. The number of imide groups is 1. The lowest BCUT2D eigenvalue weighted by Gasteiger charge is -2.09. The topological polar surface area (TPSA) is 72.9 Å². The third kappa shape index (κ3) is 3.69. The van der Waals surface area contributed by atoms with Crippen molar-refractivity contribution in [2.45, 2.75) is 0 Å². The van der Waals surface area contributed by atoms with Gasteiger partial charge in [-0.05, 0) is 36.0 Å². The van der Waals surface area contributed by atoms with Gasteiger partial charge in [-0.15, -0.1) is 0 Å². The Labute approximate surface area is 139 Å². The van der Waals surface area contributed by atoms with Crippen molar-refractivity contribution in [3.05, 3.63) is 33.1 Å². The van der Waals surface area contributed by atoms with Gasteiger partial charge in [0.15, 0.2) is 6.61 Å². The Morgan fingerprint density at radius 3 is 2.73 bits per heavy atom. The number of halogens is 1. The number of benzene rings is 1. The summed E-state index contributed by atoms with van der Waals surface area (Å²) in [5.41, 5.74) is 0.581. The van der Waals surface area contributed by atoms with E-state index in [1.807, 2.05) is 0 Å². The number of hydrogen-bond donors (Lipinski definition) is 0. The zero-order chi connectivity index (χ0) is 16.3. The van der Waals surface area contributed by atoms with E-state index in [4.69, 9.17) is 4.74 Å². The number of rotatable bonds is 4. The maximum atomic E-state index is 11.9. The monoisotopic (exact) mass is 385 g/mol. The molecule has 0 unspecified atom stereocenters. The van der Waals surface area contributed by atoms with Crippen molar-refractivity contribution in [2.75, 3.05) is 20.8 Å². The molecule has 0 atom stereocenters. The standard InChI is InChI=1S/C14H12BrNO5S/c1-16-13(18)11(22-14(16)19)6-8-5-9(15)3-4-10(8)21-7-12(17)20-2/h3-6H,7H2,1-2H3/b11-6-. The highest BCUT2D eigenvalue weighted by atomic mass is 79.9. The summed E-state index contributed by atoms with van der Waals surface area (Å²) in [6.45, 7) is -0.242. The number of nitrogens with zero attached hydrogens (tertiary/aromatic N) is 1. The van der Waals surface area contributed by atoms with Crippen LogP contribution in [0.1, 0.15) is 5.56 Å². The first-order valence-electron chi connectivity index (χ1n) is 6.13. The first-order chi connectivity index (χ1) is 10.4. The number of hydrogen-bond acceptors (Lipinski definition) is 6. The molecule has 0 aromatic heterocycles. The molecule has 1 saturated heterocycles. The molecule has 116 valence electrons. The van der Waals surface area contributed by atoms with Gasteiger partial charge in [0.25, 0.3) is 11.1 Å². The first-order valence-corrected chi connectivity index (χ1v) is 7.74. The second kappa shape index (κ2) is 6.97. The van der Waals surface area contributed by atoms with E-state index in [2.05, 4.69) is 20.7 Å². The number of carbonyl (C=O) groups excluding carboxylic acids is 3. The van der Waals surface area contributed by atoms with Gasteiger partial charge in [0.1, 0.15) is 5.75 Å². The number of amides is 2. The molecule has 1 heterocycles. The van der Waals surface area contributed by atoms with Gasteiger partial charge in [0.05, 0.1) is 12.0 Å². The van der Waals surface area contributed by atoms with Gasteiger partial charge >= 0.3 is 5.97 Å². The van der Waals surface area contributed by atoms with Crippen LogP contribution in [-0.2, 0) is 14.3 Å².